The molecule has 2 nitrogen and oxygen atoms in total. The van der Waals surface area contributed by atoms with Crippen molar-refractivity contribution in [2.45, 2.75) is 0 Å². The molecule has 0 aliphatic carbocycles. The number of rotatable bonds is 1. The predicted molar refractivity (Wildman–Crippen MR) is 60.3 cm³/mol. The van der Waals surface area contributed by atoms with Crippen LogP contribution in [-0.4, -0.2) is 9.97 Å². The number of halogens is 2. The van der Waals surface area contributed by atoms with Crippen molar-refractivity contribution in [1.29, 1.82) is 0 Å². The second-order valence-electron chi connectivity index (χ2n) is 3.68. The number of imidazole rings is 1. The molecule has 0 saturated heterocycles. The van der Waals surface area contributed by atoms with Gasteiger partial charge in [0.15, 0.2) is 5.82 Å². The minimum atomic E-state index is -0.434. The summed E-state index contributed by atoms with van der Waals surface area (Å²) in [6.45, 7) is 0. The number of benzene rings is 2. The van der Waals surface area contributed by atoms with Crippen LogP contribution < -0.4 is 0 Å². The summed E-state index contributed by atoms with van der Waals surface area (Å²) in [5.41, 5.74) is 1.95. The van der Waals surface area contributed by atoms with Crippen LogP contribution in [-0.2, 0) is 0 Å². The van der Waals surface area contributed by atoms with Crippen molar-refractivity contribution in [3.05, 3.63) is 54.4 Å². The van der Waals surface area contributed by atoms with Crippen LogP contribution in [0.1, 0.15) is 0 Å². The molecule has 0 aliphatic rings. The fourth-order valence-electron chi connectivity index (χ4n) is 1.77. The van der Waals surface area contributed by atoms with E-state index >= 15 is 0 Å². The Bertz CT molecular complexity index is 689. The molecular weight excluding hydrogens is 222 g/mol. The van der Waals surface area contributed by atoms with Crippen molar-refractivity contribution < 1.29 is 8.78 Å². The van der Waals surface area contributed by atoms with Gasteiger partial charge in [0, 0.05) is 0 Å². The van der Waals surface area contributed by atoms with Gasteiger partial charge in [-0.2, -0.15) is 0 Å². The van der Waals surface area contributed by atoms with Crippen LogP contribution in [0.15, 0.2) is 36.7 Å². The first-order chi connectivity index (χ1) is 8.24. The quantitative estimate of drug-likeness (QED) is 0.681. The monoisotopic (exact) mass is 229 g/mol. The van der Waals surface area contributed by atoms with E-state index in [9.17, 15) is 8.78 Å². The highest BCUT2D eigenvalue weighted by Gasteiger charge is 2.08. The van der Waals surface area contributed by atoms with Crippen LogP contribution >= 0.6 is 0 Å². The Labute approximate surface area is 95.9 Å². The Morgan fingerprint density at radius 3 is 2.88 bits per heavy atom. The van der Waals surface area contributed by atoms with Gasteiger partial charge < -0.3 is 4.98 Å². The molecule has 0 atom stereocenters. The second-order valence-corrected chi connectivity index (χ2v) is 3.68. The molecule has 3 aromatic rings. The summed E-state index contributed by atoms with van der Waals surface area (Å²) in [5, 5.41) is 0. The number of H-pyrrole nitrogens is 1. The molecular formula is C13H7F2N2. The van der Waals surface area contributed by atoms with Crippen LogP contribution in [0.2, 0.25) is 0 Å². The molecule has 1 N–H and O–H groups in total. The third kappa shape index (κ3) is 1.67. The first kappa shape index (κ1) is 9.96. The van der Waals surface area contributed by atoms with Gasteiger partial charge in [0.2, 0.25) is 0 Å². The lowest BCUT2D eigenvalue weighted by molar-refractivity contribution is 0.628. The average Bonchev–Trinajstić information content (AvgIpc) is 2.77. The molecule has 0 fully saturated rings. The molecule has 0 spiro atoms. The minimum Gasteiger partial charge on any atom is -0.344 e. The third-order valence-electron chi connectivity index (χ3n) is 2.55. The fourth-order valence-corrected chi connectivity index (χ4v) is 1.77. The van der Waals surface area contributed by atoms with Crippen molar-refractivity contribution in [3.63, 3.8) is 0 Å². The van der Waals surface area contributed by atoms with Gasteiger partial charge in [-0.25, -0.2) is 13.8 Å². The van der Waals surface area contributed by atoms with E-state index in [1.165, 1.54) is 30.6 Å². The molecule has 0 aliphatic heterocycles. The number of nitrogens with zero attached hydrogens (tertiary/aromatic N) is 1. The third-order valence-corrected chi connectivity index (χ3v) is 2.55. The SMILES string of the molecule is Fc1cc[c]c(-c2cc(F)c3nc[nH]c3c2)c1. The number of fused-ring (bicyclic) bond motifs is 1. The number of nitrogens with one attached hydrogen (secondary N) is 1. The van der Waals surface area contributed by atoms with E-state index in [4.69, 9.17) is 0 Å². The molecule has 0 unspecified atom stereocenters. The van der Waals surface area contributed by atoms with Gasteiger partial charge in [0.05, 0.1) is 11.8 Å². The molecule has 17 heavy (non-hydrogen) atoms. The summed E-state index contributed by atoms with van der Waals surface area (Å²) in [6, 6.07) is 10.0. The molecule has 83 valence electrons. The largest absolute Gasteiger partial charge is 0.344 e. The maximum Gasteiger partial charge on any atom is 0.151 e. The Morgan fingerprint density at radius 1 is 1.18 bits per heavy atom. The van der Waals surface area contributed by atoms with Gasteiger partial charge in [-0.15, -0.1) is 0 Å². The summed E-state index contributed by atoms with van der Waals surface area (Å²) in [6.07, 6.45) is 1.42. The lowest BCUT2D eigenvalue weighted by atomic mass is 10.0. The van der Waals surface area contributed by atoms with E-state index < -0.39 is 5.82 Å². The summed E-state index contributed by atoms with van der Waals surface area (Å²) in [7, 11) is 0. The van der Waals surface area contributed by atoms with E-state index in [2.05, 4.69) is 16.0 Å². The van der Waals surface area contributed by atoms with Gasteiger partial charge in [0.1, 0.15) is 11.3 Å². The molecule has 0 bridgehead atoms. The molecule has 2 aromatic carbocycles. The molecule has 1 heterocycles. The number of aromatic nitrogens is 2. The smallest absolute Gasteiger partial charge is 0.151 e. The van der Waals surface area contributed by atoms with Crippen molar-refractivity contribution in [3.8, 4) is 11.1 Å². The topological polar surface area (TPSA) is 28.7 Å². The summed E-state index contributed by atoms with van der Waals surface area (Å²) in [5.74, 6) is -0.805. The molecule has 0 amide bonds. The minimum absolute atomic E-state index is 0.283. The molecule has 1 aromatic heterocycles. The molecule has 1 radical (unpaired) electrons. The first-order valence-electron chi connectivity index (χ1n) is 5.04. The van der Waals surface area contributed by atoms with Crippen LogP contribution in [0, 0.1) is 17.7 Å². The fraction of sp³-hybridized carbons (Fsp3) is 0. The molecule has 4 heteroatoms. The Kier molecular flexibility index (Phi) is 2.14. The van der Waals surface area contributed by atoms with Gasteiger partial charge in [-0.05, 0) is 41.5 Å². The summed E-state index contributed by atoms with van der Waals surface area (Å²) < 4.78 is 26.7. The van der Waals surface area contributed by atoms with Gasteiger partial charge in [-0.1, -0.05) is 6.07 Å². The van der Waals surface area contributed by atoms with Crippen LogP contribution in [0.4, 0.5) is 8.78 Å². The zero-order chi connectivity index (χ0) is 11.8. The summed E-state index contributed by atoms with van der Waals surface area (Å²) in [4.78, 5) is 6.68. The first-order valence-corrected chi connectivity index (χ1v) is 5.04. The van der Waals surface area contributed by atoms with Gasteiger partial charge in [-0.3, -0.25) is 0 Å². The lowest BCUT2D eigenvalue weighted by Gasteiger charge is -2.02. The van der Waals surface area contributed by atoms with E-state index in [0.717, 1.165) is 0 Å². The maximum atomic E-state index is 13.7. The van der Waals surface area contributed by atoms with Crippen molar-refractivity contribution in [1.82, 2.24) is 9.97 Å². The lowest BCUT2D eigenvalue weighted by Crippen LogP contribution is -1.84. The Morgan fingerprint density at radius 2 is 2.06 bits per heavy atom. The van der Waals surface area contributed by atoms with Crippen molar-refractivity contribution >= 4 is 11.0 Å². The second kappa shape index (κ2) is 3.66. The van der Waals surface area contributed by atoms with Crippen molar-refractivity contribution in [2.24, 2.45) is 0 Å². The zero-order valence-electron chi connectivity index (χ0n) is 8.67. The highest BCUT2D eigenvalue weighted by molar-refractivity contribution is 5.82. The molecule has 3 rings (SSSR count). The van der Waals surface area contributed by atoms with E-state index in [-0.39, 0.29) is 11.3 Å². The van der Waals surface area contributed by atoms with E-state index in [1.54, 1.807) is 6.07 Å². The number of aromatic amines is 1. The van der Waals surface area contributed by atoms with Gasteiger partial charge >= 0.3 is 0 Å². The normalized spacial score (nSPS) is 10.9. The average molecular weight is 229 g/mol. The van der Waals surface area contributed by atoms with E-state index in [1.807, 2.05) is 0 Å². The number of hydrogen-bond donors (Lipinski definition) is 1. The summed E-state index contributed by atoms with van der Waals surface area (Å²) >= 11 is 0. The highest BCUT2D eigenvalue weighted by Crippen LogP contribution is 2.25. The van der Waals surface area contributed by atoms with Crippen LogP contribution in [0.5, 0.6) is 0 Å². The Balaban J connectivity index is 2.23. The molecule has 0 saturated carbocycles. The Hall–Kier alpha value is -2.23. The van der Waals surface area contributed by atoms with Crippen molar-refractivity contribution in [2.75, 3.05) is 0 Å². The zero-order valence-corrected chi connectivity index (χ0v) is 8.67. The van der Waals surface area contributed by atoms with Crippen LogP contribution in [0.25, 0.3) is 22.2 Å². The van der Waals surface area contributed by atoms with E-state index in [0.29, 0.717) is 16.6 Å². The standard InChI is InChI=1S/C13H7F2N2/c14-10-3-1-2-8(4-10)9-5-11(15)13-12(6-9)16-7-17-13/h1,3-7H,(H,16,17). The number of hydrogen-bond acceptors (Lipinski definition) is 1. The maximum absolute atomic E-state index is 13.7. The van der Waals surface area contributed by atoms with Crippen LogP contribution in [0.3, 0.4) is 0 Å². The predicted octanol–water partition coefficient (Wildman–Crippen LogP) is 3.31. The van der Waals surface area contributed by atoms with Gasteiger partial charge in [0.25, 0.3) is 0 Å². The highest BCUT2D eigenvalue weighted by atomic mass is 19.1.